The number of anilines is 1. The molecule has 0 bridgehead atoms. The number of hydrogen-bond donors (Lipinski definition) is 1. The standard InChI is InChI=1S/C33H26Cl2N2O4S/c1-3-8-24-16-21(17-25-31(38)36-33(42)37(32(25)39)27-12-7-11-26(34)29(27)35)18-28(40-4-2)30(24)41-19-20-13-14-22-9-5-6-10-23(22)15-20/h3,5-7,9-18H,1,4,8,19H2,2H3,(H,36,38,42)/b25-17+. The van der Waals surface area contributed by atoms with Crippen LogP contribution < -0.4 is 19.7 Å². The van der Waals surface area contributed by atoms with Gasteiger partial charge in [0.25, 0.3) is 11.8 Å². The molecule has 1 heterocycles. The van der Waals surface area contributed by atoms with Crippen LogP contribution in [-0.4, -0.2) is 23.5 Å². The number of halogens is 2. The van der Waals surface area contributed by atoms with Gasteiger partial charge in [0.15, 0.2) is 16.6 Å². The average molecular weight is 618 g/mol. The first-order valence-electron chi connectivity index (χ1n) is 13.2. The summed E-state index contributed by atoms with van der Waals surface area (Å²) in [6.45, 7) is 6.47. The van der Waals surface area contributed by atoms with E-state index in [9.17, 15) is 9.59 Å². The molecule has 1 aliphatic heterocycles. The number of ether oxygens (including phenoxy) is 2. The van der Waals surface area contributed by atoms with Gasteiger partial charge in [-0.1, -0.05) is 71.7 Å². The van der Waals surface area contributed by atoms with E-state index >= 15 is 0 Å². The van der Waals surface area contributed by atoms with Crippen molar-refractivity contribution in [1.82, 2.24) is 5.32 Å². The lowest BCUT2D eigenvalue weighted by molar-refractivity contribution is -0.122. The summed E-state index contributed by atoms with van der Waals surface area (Å²) in [4.78, 5) is 27.7. The average Bonchev–Trinajstić information content (AvgIpc) is 2.97. The Labute approximate surface area is 259 Å². The van der Waals surface area contributed by atoms with Crippen LogP contribution in [0.3, 0.4) is 0 Å². The molecule has 0 saturated carbocycles. The van der Waals surface area contributed by atoms with Crippen molar-refractivity contribution in [2.45, 2.75) is 20.0 Å². The number of carbonyl (C=O) groups is 2. The van der Waals surface area contributed by atoms with Gasteiger partial charge in [-0.25, -0.2) is 0 Å². The lowest BCUT2D eigenvalue weighted by Crippen LogP contribution is -2.54. The van der Waals surface area contributed by atoms with Gasteiger partial charge >= 0.3 is 0 Å². The van der Waals surface area contributed by atoms with Crippen molar-refractivity contribution in [3.8, 4) is 11.5 Å². The van der Waals surface area contributed by atoms with Gasteiger partial charge in [-0.15, -0.1) is 6.58 Å². The number of amides is 2. The summed E-state index contributed by atoms with van der Waals surface area (Å²) in [6.07, 6.45) is 3.72. The number of nitrogens with zero attached hydrogens (tertiary/aromatic N) is 1. The van der Waals surface area contributed by atoms with Crippen molar-refractivity contribution in [2.24, 2.45) is 0 Å². The molecule has 0 aromatic heterocycles. The van der Waals surface area contributed by atoms with E-state index < -0.39 is 11.8 Å². The van der Waals surface area contributed by atoms with E-state index in [1.54, 1.807) is 30.3 Å². The molecule has 1 aliphatic rings. The lowest BCUT2D eigenvalue weighted by atomic mass is 10.0. The van der Waals surface area contributed by atoms with Gasteiger partial charge < -0.3 is 9.47 Å². The Morgan fingerprint density at radius 1 is 0.976 bits per heavy atom. The third-order valence-electron chi connectivity index (χ3n) is 6.60. The molecular weight excluding hydrogens is 591 g/mol. The van der Waals surface area contributed by atoms with Crippen LogP contribution in [0.5, 0.6) is 11.5 Å². The highest BCUT2D eigenvalue weighted by atomic mass is 35.5. The van der Waals surface area contributed by atoms with E-state index in [1.807, 2.05) is 31.2 Å². The smallest absolute Gasteiger partial charge is 0.270 e. The van der Waals surface area contributed by atoms with Gasteiger partial charge in [-0.3, -0.25) is 19.8 Å². The molecule has 6 nitrogen and oxygen atoms in total. The van der Waals surface area contributed by atoms with Gasteiger partial charge in [0, 0.05) is 5.56 Å². The molecule has 9 heteroatoms. The van der Waals surface area contributed by atoms with Gasteiger partial charge in [-0.05, 0) is 83.9 Å². The Kier molecular flexibility index (Phi) is 8.92. The Hall–Kier alpha value is -4.17. The quantitative estimate of drug-likeness (QED) is 0.0903. The zero-order chi connectivity index (χ0) is 29.8. The Morgan fingerprint density at radius 3 is 2.52 bits per heavy atom. The number of rotatable bonds is 9. The first kappa shape index (κ1) is 29.3. The first-order chi connectivity index (χ1) is 20.3. The van der Waals surface area contributed by atoms with Gasteiger partial charge in [0.05, 0.1) is 22.3 Å². The number of carbonyl (C=O) groups excluding carboxylic acids is 2. The summed E-state index contributed by atoms with van der Waals surface area (Å²) in [5.74, 6) is -0.203. The van der Waals surface area contributed by atoms with Crippen LogP contribution in [0.15, 0.2) is 91.0 Å². The first-order valence-corrected chi connectivity index (χ1v) is 14.3. The summed E-state index contributed by atoms with van der Waals surface area (Å²) in [5.41, 5.74) is 2.50. The maximum atomic E-state index is 13.6. The highest BCUT2D eigenvalue weighted by Gasteiger charge is 2.36. The number of hydrogen-bond acceptors (Lipinski definition) is 5. The van der Waals surface area contributed by atoms with Crippen LogP contribution in [0.4, 0.5) is 5.69 Å². The van der Waals surface area contributed by atoms with Crippen LogP contribution >= 0.6 is 35.4 Å². The molecule has 1 saturated heterocycles. The van der Waals surface area contributed by atoms with Crippen molar-refractivity contribution in [3.63, 3.8) is 0 Å². The summed E-state index contributed by atoms with van der Waals surface area (Å²) >= 11 is 17.9. The molecule has 1 fully saturated rings. The maximum Gasteiger partial charge on any atom is 0.270 e. The molecule has 42 heavy (non-hydrogen) atoms. The molecule has 0 atom stereocenters. The van der Waals surface area contributed by atoms with Crippen molar-refractivity contribution >= 4 is 74.9 Å². The minimum Gasteiger partial charge on any atom is -0.490 e. The van der Waals surface area contributed by atoms with E-state index in [-0.39, 0.29) is 26.4 Å². The van der Waals surface area contributed by atoms with Gasteiger partial charge in [-0.2, -0.15) is 0 Å². The Morgan fingerprint density at radius 2 is 1.76 bits per heavy atom. The number of nitrogens with one attached hydrogen (secondary N) is 1. The zero-order valence-corrected chi connectivity index (χ0v) is 25.0. The lowest BCUT2D eigenvalue weighted by Gasteiger charge is -2.29. The number of allylic oxidation sites excluding steroid dienone is 1. The molecule has 2 amide bonds. The SMILES string of the molecule is C=CCc1cc(/C=C2\C(=O)NC(=S)N(c3cccc(Cl)c3Cl)C2=O)cc(OCC)c1OCc1ccc2ccccc2c1. The van der Waals surface area contributed by atoms with Crippen LogP contribution in [0.25, 0.3) is 16.8 Å². The fourth-order valence-electron chi connectivity index (χ4n) is 4.69. The van der Waals surface area contributed by atoms with Crippen LogP contribution in [0.1, 0.15) is 23.6 Å². The number of benzene rings is 4. The molecule has 5 rings (SSSR count). The predicted molar refractivity (Wildman–Crippen MR) is 172 cm³/mol. The topological polar surface area (TPSA) is 67.9 Å². The Balaban J connectivity index is 1.50. The van der Waals surface area contributed by atoms with E-state index in [4.69, 9.17) is 44.9 Å². The molecule has 0 spiro atoms. The molecule has 0 unspecified atom stereocenters. The molecule has 0 radical (unpaired) electrons. The highest BCUT2D eigenvalue weighted by molar-refractivity contribution is 7.80. The predicted octanol–water partition coefficient (Wildman–Crippen LogP) is 7.68. The molecule has 212 valence electrons. The second kappa shape index (κ2) is 12.8. The van der Waals surface area contributed by atoms with E-state index in [0.29, 0.717) is 36.7 Å². The largest absolute Gasteiger partial charge is 0.490 e. The molecular formula is C33H26Cl2N2O4S. The molecule has 0 aliphatic carbocycles. The van der Waals surface area contributed by atoms with Crippen molar-refractivity contribution in [1.29, 1.82) is 0 Å². The second-order valence-corrected chi connectivity index (χ2v) is 10.6. The van der Waals surface area contributed by atoms with Gasteiger partial charge in [0.1, 0.15) is 12.2 Å². The third-order valence-corrected chi connectivity index (χ3v) is 7.69. The van der Waals surface area contributed by atoms with Crippen molar-refractivity contribution in [2.75, 3.05) is 11.5 Å². The van der Waals surface area contributed by atoms with E-state index in [0.717, 1.165) is 26.8 Å². The molecule has 4 aromatic rings. The zero-order valence-electron chi connectivity index (χ0n) is 22.7. The monoisotopic (exact) mass is 616 g/mol. The minimum absolute atomic E-state index is 0.0916. The third kappa shape index (κ3) is 6.04. The van der Waals surface area contributed by atoms with Crippen molar-refractivity contribution in [3.05, 3.63) is 118 Å². The number of fused-ring (bicyclic) bond motifs is 1. The van der Waals surface area contributed by atoms with Crippen LogP contribution in [-0.2, 0) is 22.6 Å². The maximum absolute atomic E-state index is 13.6. The fraction of sp³-hybridized carbons (Fsp3) is 0.121. The van der Waals surface area contributed by atoms with E-state index in [2.05, 4.69) is 36.2 Å². The summed E-state index contributed by atoms with van der Waals surface area (Å²) < 4.78 is 12.3. The van der Waals surface area contributed by atoms with E-state index in [1.165, 1.54) is 6.08 Å². The number of thiocarbonyl (C=S) groups is 1. The van der Waals surface area contributed by atoms with Crippen LogP contribution in [0.2, 0.25) is 10.0 Å². The molecule has 1 N–H and O–H groups in total. The van der Waals surface area contributed by atoms with Crippen LogP contribution in [0, 0.1) is 0 Å². The summed E-state index contributed by atoms with van der Waals surface area (Å²) in [7, 11) is 0. The Bertz CT molecular complexity index is 1770. The normalized spacial score (nSPS) is 14.3. The molecule has 4 aromatic carbocycles. The van der Waals surface area contributed by atoms with Crippen molar-refractivity contribution < 1.29 is 19.1 Å². The second-order valence-electron chi connectivity index (χ2n) is 9.43. The summed E-state index contributed by atoms with van der Waals surface area (Å²) in [6, 6.07) is 22.8. The highest BCUT2D eigenvalue weighted by Crippen LogP contribution is 2.37. The summed E-state index contributed by atoms with van der Waals surface area (Å²) in [5, 5.41) is 5.15. The van der Waals surface area contributed by atoms with Gasteiger partial charge in [0.2, 0.25) is 0 Å². The fourth-order valence-corrected chi connectivity index (χ4v) is 5.35. The minimum atomic E-state index is -0.632.